The zero-order valence-electron chi connectivity index (χ0n) is 12.9. The van der Waals surface area contributed by atoms with Crippen molar-refractivity contribution in [2.24, 2.45) is 5.16 Å². The SMILES string of the molecule is CC(C)NC(=O)C1CC(Cc2cccc3ccccc23)=NO1. The van der Waals surface area contributed by atoms with Crippen LogP contribution in [0.15, 0.2) is 47.6 Å². The lowest BCUT2D eigenvalue weighted by atomic mass is 9.98. The summed E-state index contributed by atoms with van der Waals surface area (Å²) in [5.74, 6) is -0.0910. The number of amides is 1. The van der Waals surface area contributed by atoms with Crippen LogP contribution < -0.4 is 5.32 Å². The molecule has 2 aromatic rings. The first-order chi connectivity index (χ1) is 10.6. The molecule has 0 radical (unpaired) electrons. The highest BCUT2D eigenvalue weighted by Crippen LogP contribution is 2.22. The van der Waals surface area contributed by atoms with E-state index in [1.807, 2.05) is 26.0 Å². The molecule has 1 N–H and O–H groups in total. The van der Waals surface area contributed by atoms with Crippen molar-refractivity contribution in [2.45, 2.75) is 38.8 Å². The van der Waals surface area contributed by atoms with Gasteiger partial charge in [0.2, 0.25) is 6.10 Å². The van der Waals surface area contributed by atoms with E-state index in [1.54, 1.807) is 0 Å². The van der Waals surface area contributed by atoms with Gasteiger partial charge in [-0.25, -0.2) is 0 Å². The monoisotopic (exact) mass is 296 g/mol. The molecule has 0 bridgehead atoms. The summed E-state index contributed by atoms with van der Waals surface area (Å²) in [6.45, 7) is 3.87. The summed E-state index contributed by atoms with van der Waals surface area (Å²) in [6.07, 6.45) is 0.779. The average Bonchev–Trinajstić information content (AvgIpc) is 2.96. The maximum Gasteiger partial charge on any atom is 0.264 e. The van der Waals surface area contributed by atoms with Gasteiger partial charge in [0.05, 0.1) is 5.71 Å². The van der Waals surface area contributed by atoms with Crippen molar-refractivity contribution in [2.75, 3.05) is 0 Å². The number of benzene rings is 2. The predicted molar refractivity (Wildman–Crippen MR) is 87.9 cm³/mol. The van der Waals surface area contributed by atoms with Crippen molar-refractivity contribution in [3.05, 3.63) is 48.0 Å². The third kappa shape index (κ3) is 3.11. The Kier molecular flexibility index (Phi) is 4.09. The lowest BCUT2D eigenvalue weighted by Gasteiger charge is -2.11. The number of carbonyl (C=O) groups is 1. The molecule has 22 heavy (non-hydrogen) atoms. The molecule has 3 rings (SSSR count). The maximum atomic E-state index is 12.0. The molecule has 1 atom stereocenters. The lowest BCUT2D eigenvalue weighted by molar-refractivity contribution is -0.131. The second-order valence-corrected chi connectivity index (χ2v) is 5.93. The number of hydrogen-bond donors (Lipinski definition) is 1. The van der Waals surface area contributed by atoms with E-state index >= 15 is 0 Å². The normalized spacial score (nSPS) is 17.4. The fourth-order valence-electron chi connectivity index (χ4n) is 2.72. The molecular weight excluding hydrogens is 276 g/mol. The number of carbonyl (C=O) groups excluding carboxylic acids is 1. The van der Waals surface area contributed by atoms with Gasteiger partial charge >= 0.3 is 0 Å². The molecule has 1 aliphatic rings. The first-order valence-corrected chi connectivity index (χ1v) is 7.62. The quantitative estimate of drug-likeness (QED) is 0.942. The Morgan fingerprint density at radius 3 is 2.86 bits per heavy atom. The Morgan fingerprint density at radius 2 is 2.05 bits per heavy atom. The third-order valence-corrected chi connectivity index (χ3v) is 3.73. The van der Waals surface area contributed by atoms with Crippen LogP contribution in [0.1, 0.15) is 25.8 Å². The van der Waals surface area contributed by atoms with Gasteiger partial charge in [-0.1, -0.05) is 47.6 Å². The second-order valence-electron chi connectivity index (χ2n) is 5.93. The molecule has 0 spiro atoms. The number of nitrogens with one attached hydrogen (secondary N) is 1. The van der Waals surface area contributed by atoms with Crippen LogP contribution in [0.4, 0.5) is 0 Å². The maximum absolute atomic E-state index is 12.0. The number of oxime groups is 1. The molecule has 1 amide bonds. The first-order valence-electron chi connectivity index (χ1n) is 7.62. The third-order valence-electron chi connectivity index (χ3n) is 3.73. The van der Waals surface area contributed by atoms with Crippen molar-refractivity contribution in [1.82, 2.24) is 5.32 Å². The second kappa shape index (κ2) is 6.18. The fourth-order valence-corrected chi connectivity index (χ4v) is 2.72. The Bertz CT molecular complexity index is 717. The van der Waals surface area contributed by atoms with E-state index in [4.69, 9.17) is 4.84 Å². The van der Waals surface area contributed by atoms with Gasteiger partial charge in [-0.3, -0.25) is 4.79 Å². The Morgan fingerprint density at radius 1 is 1.27 bits per heavy atom. The van der Waals surface area contributed by atoms with Crippen molar-refractivity contribution >= 4 is 22.4 Å². The average molecular weight is 296 g/mol. The van der Waals surface area contributed by atoms with E-state index in [-0.39, 0.29) is 11.9 Å². The lowest BCUT2D eigenvalue weighted by Crippen LogP contribution is -2.38. The van der Waals surface area contributed by atoms with Gasteiger partial charge in [-0.05, 0) is 30.2 Å². The summed E-state index contributed by atoms with van der Waals surface area (Å²) in [5, 5.41) is 9.41. The molecule has 1 heterocycles. The molecule has 4 nitrogen and oxygen atoms in total. The van der Waals surface area contributed by atoms with Crippen LogP contribution >= 0.6 is 0 Å². The van der Waals surface area contributed by atoms with Gasteiger partial charge in [0.1, 0.15) is 0 Å². The standard InChI is InChI=1S/C18H20N2O2/c1-12(2)19-18(21)17-11-15(20-22-17)10-14-8-5-7-13-6-3-4-9-16(13)14/h3-9,12,17H,10-11H2,1-2H3,(H,19,21). The van der Waals surface area contributed by atoms with Crippen LogP contribution in [-0.2, 0) is 16.1 Å². The van der Waals surface area contributed by atoms with E-state index in [0.717, 1.165) is 5.71 Å². The van der Waals surface area contributed by atoms with Crippen LogP contribution in [-0.4, -0.2) is 23.8 Å². The van der Waals surface area contributed by atoms with Crippen molar-refractivity contribution in [3.8, 4) is 0 Å². The number of hydrogen-bond acceptors (Lipinski definition) is 3. The number of fused-ring (bicyclic) bond motifs is 1. The van der Waals surface area contributed by atoms with E-state index in [9.17, 15) is 4.79 Å². The molecule has 114 valence electrons. The van der Waals surface area contributed by atoms with Crippen LogP contribution in [0.5, 0.6) is 0 Å². The van der Waals surface area contributed by atoms with Gasteiger partial charge in [-0.2, -0.15) is 0 Å². The Labute approximate surface area is 130 Å². The first kappa shape index (κ1) is 14.6. The number of nitrogens with zero attached hydrogens (tertiary/aromatic N) is 1. The molecular formula is C18H20N2O2. The van der Waals surface area contributed by atoms with Gasteiger partial charge in [0.25, 0.3) is 5.91 Å². The zero-order valence-corrected chi connectivity index (χ0v) is 12.9. The van der Waals surface area contributed by atoms with Crippen molar-refractivity contribution < 1.29 is 9.63 Å². The molecule has 1 aliphatic heterocycles. The highest BCUT2D eigenvalue weighted by Gasteiger charge is 2.28. The van der Waals surface area contributed by atoms with Gasteiger partial charge in [0.15, 0.2) is 0 Å². The highest BCUT2D eigenvalue weighted by atomic mass is 16.6. The molecule has 0 saturated heterocycles. The topological polar surface area (TPSA) is 50.7 Å². The molecule has 0 aromatic heterocycles. The zero-order chi connectivity index (χ0) is 15.5. The van der Waals surface area contributed by atoms with E-state index < -0.39 is 6.10 Å². The summed E-state index contributed by atoms with van der Waals surface area (Å²) in [6, 6.07) is 14.7. The molecule has 0 fully saturated rings. The summed E-state index contributed by atoms with van der Waals surface area (Å²) >= 11 is 0. The fraction of sp³-hybridized carbons (Fsp3) is 0.333. The predicted octanol–water partition coefficient (Wildman–Crippen LogP) is 3.05. The van der Waals surface area contributed by atoms with Gasteiger partial charge in [-0.15, -0.1) is 0 Å². The minimum atomic E-state index is -0.493. The largest absolute Gasteiger partial charge is 0.382 e. The van der Waals surface area contributed by atoms with Crippen molar-refractivity contribution in [3.63, 3.8) is 0 Å². The molecule has 4 heteroatoms. The summed E-state index contributed by atoms with van der Waals surface area (Å²) in [4.78, 5) is 17.2. The van der Waals surface area contributed by atoms with Crippen LogP contribution in [0, 0.1) is 0 Å². The molecule has 0 aliphatic carbocycles. The van der Waals surface area contributed by atoms with Crippen LogP contribution in [0.25, 0.3) is 10.8 Å². The number of rotatable bonds is 4. The van der Waals surface area contributed by atoms with Crippen molar-refractivity contribution in [1.29, 1.82) is 0 Å². The van der Waals surface area contributed by atoms with E-state index in [0.29, 0.717) is 12.8 Å². The smallest absolute Gasteiger partial charge is 0.264 e. The molecule has 2 aromatic carbocycles. The van der Waals surface area contributed by atoms with Crippen LogP contribution in [0.3, 0.4) is 0 Å². The summed E-state index contributed by atoms with van der Waals surface area (Å²) < 4.78 is 0. The summed E-state index contributed by atoms with van der Waals surface area (Å²) in [7, 11) is 0. The van der Waals surface area contributed by atoms with Crippen LogP contribution in [0.2, 0.25) is 0 Å². The Balaban J connectivity index is 1.71. The Hall–Kier alpha value is -2.36. The van der Waals surface area contributed by atoms with E-state index in [2.05, 4.69) is 40.8 Å². The van der Waals surface area contributed by atoms with Gasteiger partial charge < -0.3 is 10.2 Å². The molecule has 1 unspecified atom stereocenters. The highest BCUT2D eigenvalue weighted by molar-refractivity contribution is 5.96. The van der Waals surface area contributed by atoms with E-state index in [1.165, 1.54) is 16.3 Å². The summed E-state index contributed by atoms with van der Waals surface area (Å²) in [5.41, 5.74) is 2.13. The minimum Gasteiger partial charge on any atom is -0.382 e. The molecule has 0 saturated carbocycles. The van der Waals surface area contributed by atoms with Gasteiger partial charge in [0, 0.05) is 18.9 Å². The minimum absolute atomic E-state index is 0.0910.